The number of hydrogen-bond acceptors (Lipinski definition) is 2. The second-order valence-corrected chi connectivity index (χ2v) is 5.07. The van der Waals surface area contributed by atoms with Gasteiger partial charge < -0.3 is 10.2 Å². The Morgan fingerprint density at radius 3 is 2.82 bits per heavy atom. The van der Waals surface area contributed by atoms with Crippen LogP contribution in [0.25, 0.3) is 0 Å². The molecule has 1 N–H and O–H groups in total. The van der Waals surface area contributed by atoms with Gasteiger partial charge in [0.1, 0.15) is 0 Å². The first-order valence-corrected chi connectivity index (χ1v) is 6.13. The van der Waals surface area contributed by atoms with Crippen LogP contribution in [0.3, 0.4) is 0 Å². The second kappa shape index (κ2) is 4.49. The smallest absolute Gasteiger partial charge is 0.246 e. The van der Waals surface area contributed by atoms with Gasteiger partial charge in [0.05, 0.1) is 5.54 Å². The summed E-state index contributed by atoms with van der Waals surface area (Å²) in [4.78, 5) is 14.2. The van der Waals surface area contributed by atoms with Gasteiger partial charge in [-0.3, -0.25) is 4.79 Å². The number of nitrogens with zero attached hydrogens (tertiary/aromatic N) is 1. The number of benzene rings is 1. The van der Waals surface area contributed by atoms with Crippen molar-refractivity contribution >= 4 is 11.6 Å². The summed E-state index contributed by atoms with van der Waals surface area (Å²) in [7, 11) is 1.85. The van der Waals surface area contributed by atoms with E-state index < -0.39 is 5.54 Å². The average molecular weight is 232 g/mol. The Morgan fingerprint density at radius 2 is 2.24 bits per heavy atom. The zero-order valence-corrected chi connectivity index (χ0v) is 10.8. The number of carbonyl (C=O) groups is 1. The van der Waals surface area contributed by atoms with E-state index in [-0.39, 0.29) is 5.91 Å². The number of carbonyl (C=O) groups excluding carboxylic acids is 1. The molecule has 92 valence electrons. The Kier molecular flexibility index (Phi) is 3.20. The van der Waals surface area contributed by atoms with E-state index in [1.165, 1.54) is 5.56 Å². The molecule has 1 heterocycles. The van der Waals surface area contributed by atoms with Crippen molar-refractivity contribution in [2.45, 2.75) is 32.2 Å². The van der Waals surface area contributed by atoms with Gasteiger partial charge in [-0.1, -0.05) is 12.1 Å². The molecule has 1 aromatic carbocycles. The predicted molar refractivity (Wildman–Crippen MR) is 70.2 cm³/mol. The Bertz CT molecular complexity index is 422. The van der Waals surface area contributed by atoms with Gasteiger partial charge in [-0.2, -0.15) is 0 Å². The molecule has 1 aliphatic heterocycles. The van der Waals surface area contributed by atoms with Crippen molar-refractivity contribution in [1.82, 2.24) is 5.32 Å². The second-order valence-electron chi connectivity index (χ2n) is 5.07. The molecule has 1 aromatic rings. The van der Waals surface area contributed by atoms with E-state index in [2.05, 4.69) is 5.32 Å². The summed E-state index contributed by atoms with van der Waals surface area (Å²) >= 11 is 0. The molecule has 3 heteroatoms. The highest BCUT2D eigenvalue weighted by molar-refractivity contribution is 5.99. The molecule has 0 bridgehead atoms. The summed E-state index contributed by atoms with van der Waals surface area (Å²) in [6.07, 6.45) is 1.99. The quantitative estimate of drug-likeness (QED) is 0.847. The molecule has 0 aliphatic carbocycles. The standard InChI is InChI=1S/C14H20N2O/c1-11-6-4-7-12(10-11)16(3)13(17)14(2)8-5-9-15-14/h4,6-7,10,15H,5,8-9H2,1-3H3. The van der Waals surface area contributed by atoms with Gasteiger partial charge in [0.2, 0.25) is 5.91 Å². The Morgan fingerprint density at radius 1 is 1.47 bits per heavy atom. The maximum absolute atomic E-state index is 12.4. The van der Waals surface area contributed by atoms with Crippen molar-refractivity contribution in [3.63, 3.8) is 0 Å². The lowest BCUT2D eigenvalue weighted by Crippen LogP contribution is -2.51. The summed E-state index contributed by atoms with van der Waals surface area (Å²) in [5.74, 6) is 0.153. The van der Waals surface area contributed by atoms with Crippen molar-refractivity contribution in [3.05, 3.63) is 29.8 Å². The van der Waals surface area contributed by atoms with E-state index in [4.69, 9.17) is 0 Å². The van der Waals surface area contributed by atoms with Crippen LogP contribution in [0.2, 0.25) is 0 Å². The highest BCUT2D eigenvalue weighted by Gasteiger charge is 2.38. The molecule has 0 radical (unpaired) electrons. The highest BCUT2D eigenvalue weighted by Crippen LogP contribution is 2.24. The minimum atomic E-state index is -0.390. The Balaban J connectivity index is 2.20. The highest BCUT2D eigenvalue weighted by atomic mass is 16.2. The zero-order valence-electron chi connectivity index (χ0n) is 10.8. The first-order chi connectivity index (χ1) is 8.03. The van der Waals surface area contributed by atoms with Gasteiger partial charge >= 0.3 is 0 Å². The lowest BCUT2D eigenvalue weighted by atomic mass is 9.98. The predicted octanol–water partition coefficient (Wildman–Crippen LogP) is 2.10. The molecule has 1 unspecified atom stereocenters. The number of likely N-dealkylation sites (N-methyl/N-ethyl adjacent to an activating group) is 1. The van der Waals surface area contributed by atoms with Crippen molar-refractivity contribution in [2.75, 3.05) is 18.5 Å². The number of rotatable bonds is 2. The minimum absolute atomic E-state index is 0.153. The van der Waals surface area contributed by atoms with Gasteiger partial charge in [0.25, 0.3) is 0 Å². The molecule has 0 spiro atoms. The van der Waals surface area contributed by atoms with Crippen molar-refractivity contribution < 1.29 is 4.79 Å². The number of aryl methyl sites for hydroxylation is 1. The van der Waals surface area contributed by atoms with E-state index in [1.807, 2.05) is 45.2 Å². The van der Waals surface area contributed by atoms with Gasteiger partial charge in [-0.25, -0.2) is 0 Å². The van der Waals surface area contributed by atoms with Crippen LogP contribution in [0.4, 0.5) is 5.69 Å². The number of anilines is 1. The summed E-state index contributed by atoms with van der Waals surface area (Å²) < 4.78 is 0. The van der Waals surface area contributed by atoms with E-state index in [9.17, 15) is 4.79 Å². The fourth-order valence-corrected chi connectivity index (χ4v) is 2.40. The summed E-state index contributed by atoms with van der Waals surface area (Å²) in [6.45, 7) is 4.97. The monoisotopic (exact) mass is 232 g/mol. The molecule has 1 aliphatic rings. The van der Waals surface area contributed by atoms with Crippen LogP contribution >= 0.6 is 0 Å². The SMILES string of the molecule is Cc1cccc(N(C)C(=O)C2(C)CCCN2)c1. The van der Waals surface area contributed by atoms with Crippen LogP contribution in [-0.4, -0.2) is 25.0 Å². The largest absolute Gasteiger partial charge is 0.314 e. The Hall–Kier alpha value is -1.35. The minimum Gasteiger partial charge on any atom is -0.314 e. The summed E-state index contributed by atoms with van der Waals surface area (Å²) in [6, 6.07) is 8.04. The molecule has 1 atom stereocenters. The van der Waals surface area contributed by atoms with Crippen LogP contribution in [0.5, 0.6) is 0 Å². The van der Waals surface area contributed by atoms with Crippen molar-refractivity contribution in [2.24, 2.45) is 0 Å². The molecule has 2 rings (SSSR count). The van der Waals surface area contributed by atoms with Gasteiger partial charge in [0.15, 0.2) is 0 Å². The van der Waals surface area contributed by atoms with Gasteiger partial charge in [0, 0.05) is 12.7 Å². The number of amides is 1. The third kappa shape index (κ3) is 2.34. The van der Waals surface area contributed by atoms with Crippen LogP contribution in [-0.2, 0) is 4.79 Å². The molecule has 1 fully saturated rings. The summed E-state index contributed by atoms with van der Waals surface area (Å²) in [5.41, 5.74) is 1.75. The first-order valence-electron chi connectivity index (χ1n) is 6.13. The lowest BCUT2D eigenvalue weighted by molar-refractivity contribution is -0.123. The van der Waals surface area contributed by atoms with Gasteiger partial charge in [-0.05, 0) is 50.9 Å². The fourth-order valence-electron chi connectivity index (χ4n) is 2.40. The van der Waals surface area contributed by atoms with Crippen molar-refractivity contribution in [1.29, 1.82) is 0 Å². The van der Waals surface area contributed by atoms with E-state index in [0.717, 1.165) is 25.1 Å². The molecular weight excluding hydrogens is 212 g/mol. The van der Waals surface area contributed by atoms with Crippen LogP contribution < -0.4 is 10.2 Å². The zero-order chi connectivity index (χ0) is 12.5. The lowest BCUT2D eigenvalue weighted by Gasteiger charge is -2.29. The maximum atomic E-state index is 12.4. The molecular formula is C14H20N2O. The number of hydrogen-bond donors (Lipinski definition) is 1. The fraction of sp³-hybridized carbons (Fsp3) is 0.500. The third-order valence-electron chi connectivity index (χ3n) is 3.53. The summed E-state index contributed by atoms with van der Waals surface area (Å²) in [5, 5.41) is 3.31. The molecule has 1 saturated heterocycles. The normalized spacial score (nSPS) is 23.7. The van der Waals surface area contributed by atoms with E-state index >= 15 is 0 Å². The molecule has 3 nitrogen and oxygen atoms in total. The topological polar surface area (TPSA) is 32.3 Å². The molecule has 1 amide bonds. The third-order valence-corrected chi connectivity index (χ3v) is 3.53. The maximum Gasteiger partial charge on any atom is 0.246 e. The molecule has 0 aromatic heterocycles. The van der Waals surface area contributed by atoms with Gasteiger partial charge in [-0.15, -0.1) is 0 Å². The van der Waals surface area contributed by atoms with Crippen LogP contribution in [0, 0.1) is 6.92 Å². The first kappa shape index (κ1) is 12.1. The van der Waals surface area contributed by atoms with Crippen LogP contribution in [0.1, 0.15) is 25.3 Å². The van der Waals surface area contributed by atoms with Crippen LogP contribution in [0.15, 0.2) is 24.3 Å². The van der Waals surface area contributed by atoms with Crippen molar-refractivity contribution in [3.8, 4) is 0 Å². The molecule has 17 heavy (non-hydrogen) atoms. The number of nitrogens with one attached hydrogen (secondary N) is 1. The molecule has 0 saturated carbocycles. The van der Waals surface area contributed by atoms with E-state index in [0.29, 0.717) is 0 Å². The Labute approximate surface area is 103 Å². The average Bonchev–Trinajstić information content (AvgIpc) is 2.75. The van der Waals surface area contributed by atoms with E-state index in [1.54, 1.807) is 4.90 Å².